The van der Waals surface area contributed by atoms with Gasteiger partial charge in [0.15, 0.2) is 5.92 Å². The molecule has 0 unspecified atom stereocenters. The number of hydrogen-bond donors (Lipinski definition) is 3. The summed E-state index contributed by atoms with van der Waals surface area (Å²) in [5.41, 5.74) is 8.81. The first kappa shape index (κ1) is 19.7. The van der Waals surface area contributed by atoms with Gasteiger partial charge >= 0.3 is 6.03 Å². The molecule has 9 nitrogen and oxygen atoms in total. The molecule has 0 aromatic heterocycles. The molecule has 1 heterocycles. The van der Waals surface area contributed by atoms with Crippen molar-refractivity contribution < 1.29 is 19.2 Å². The zero-order chi connectivity index (χ0) is 21.1. The van der Waals surface area contributed by atoms with Crippen molar-refractivity contribution in [3.63, 3.8) is 0 Å². The summed E-state index contributed by atoms with van der Waals surface area (Å²) < 4.78 is 0. The average Bonchev–Trinajstić information content (AvgIpc) is 2.92. The normalized spacial score (nSPS) is 17.5. The second kappa shape index (κ2) is 7.93. The highest BCUT2D eigenvalue weighted by Gasteiger charge is 2.50. The third kappa shape index (κ3) is 3.84. The summed E-state index contributed by atoms with van der Waals surface area (Å²) in [5, 5.41) is 6.29. The molecule has 2 aromatic carbocycles. The van der Waals surface area contributed by atoms with E-state index in [0.717, 1.165) is 10.5 Å². The summed E-state index contributed by atoms with van der Waals surface area (Å²) in [6, 6.07) is 12.7. The van der Waals surface area contributed by atoms with Crippen molar-refractivity contribution in [3.05, 3.63) is 59.7 Å². The maximum Gasteiger partial charge on any atom is 0.332 e. The molecule has 5 amide bonds. The van der Waals surface area contributed by atoms with Gasteiger partial charge in [0.2, 0.25) is 5.91 Å². The van der Waals surface area contributed by atoms with Crippen LogP contribution in [0.2, 0.25) is 0 Å². The SMILES string of the molecule is Cc1ccccc1NC(=O)[C@H]1C(=O)N(c2ccccc2C)C(=O)/C1=N/NC(N)=O. The molecule has 2 aromatic rings. The van der Waals surface area contributed by atoms with Crippen molar-refractivity contribution in [1.82, 2.24) is 5.43 Å². The van der Waals surface area contributed by atoms with Crippen molar-refractivity contribution in [2.75, 3.05) is 10.2 Å². The number of aryl methyl sites for hydroxylation is 2. The summed E-state index contributed by atoms with van der Waals surface area (Å²) in [5.74, 6) is -3.84. The topological polar surface area (TPSA) is 134 Å². The van der Waals surface area contributed by atoms with Gasteiger partial charge in [-0.25, -0.2) is 15.1 Å². The van der Waals surface area contributed by atoms with Gasteiger partial charge in [-0.15, -0.1) is 0 Å². The molecular formula is C20H19N5O4. The molecule has 0 bridgehead atoms. The number of primary amides is 1. The standard InChI is InChI=1S/C20H19N5O4/c1-11-7-3-5-9-13(11)22-17(26)15-16(23-24-20(21)29)19(28)25(18(15)27)14-10-6-4-8-12(14)2/h3-10,15H,1-2H3,(H,22,26)(H3,21,24,29)/b23-16+/t15-/m0/s1. The molecule has 1 atom stereocenters. The number of anilines is 2. The van der Waals surface area contributed by atoms with Gasteiger partial charge in [-0.2, -0.15) is 5.10 Å². The number of benzene rings is 2. The van der Waals surface area contributed by atoms with E-state index in [1.54, 1.807) is 62.4 Å². The predicted octanol–water partition coefficient (Wildman–Crippen LogP) is 1.46. The molecule has 1 aliphatic heterocycles. The number of carbonyl (C=O) groups excluding carboxylic acids is 4. The van der Waals surface area contributed by atoms with Crippen molar-refractivity contribution in [2.24, 2.45) is 16.8 Å². The Balaban J connectivity index is 2.01. The van der Waals surface area contributed by atoms with E-state index < -0.39 is 35.4 Å². The van der Waals surface area contributed by atoms with Crippen LogP contribution in [0.15, 0.2) is 53.6 Å². The number of hydrogen-bond acceptors (Lipinski definition) is 5. The Morgan fingerprint density at radius 2 is 1.62 bits per heavy atom. The number of rotatable bonds is 4. The van der Waals surface area contributed by atoms with Crippen LogP contribution in [0.1, 0.15) is 11.1 Å². The predicted molar refractivity (Wildman–Crippen MR) is 107 cm³/mol. The van der Waals surface area contributed by atoms with E-state index in [0.29, 0.717) is 16.9 Å². The van der Waals surface area contributed by atoms with Crippen LogP contribution in [0, 0.1) is 19.8 Å². The summed E-state index contributed by atoms with van der Waals surface area (Å²) >= 11 is 0. The zero-order valence-electron chi connectivity index (χ0n) is 15.8. The Labute approximate surface area is 166 Å². The summed E-state index contributed by atoms with van der Waals surface area (Å²) in [6.45, 7) is 3.52. The molecule has 0 aliphatic carbocycles. The van der Waals surface area contributed by atoms with E-state index in [1.165, 1.54) is 0 Å². The van der Waals surface area contributed by atoms with Gasteiger partial charge in [0.1, 0.15) is 5.71 Å². The second-order valence-corrected chi connectivity index (χ2v) is 6.48. The Bertz CT molecular complexity index is 1050. The highest BCUT2D eigenvalue weighted by molar-refractivity contribution is 6.61. The highest BCUT2D eigenvalue weighted by Crippen LogP contribution is 2.29. The Morgan fingerprint density at radius 3 is 2.24 bits per heavy atom. The van der Waals surface area contributed by atoms with Crippen LogP contribution in [-0.2, 0) is 14.4 Å². The van der Waals surface area contributed by atoms with Crippen LogP contribution < -0.4 is 21.4 Å². The van der Waals surface area contributed by atoms with E-state index >= 15 is 0 Å². The Hall–Kier alpha value is -4.01. The largest absolute Gasteiger partial charge is 0.350 e. The van der Waals surface area contributed by atoms with Gasteiger partial charge < -0.3 is 11.1 Å². The molecule has 148 valence electrons. The number of urea groups is 1. The number of para-hydroxylation sites is 2. The number of imide groups is 1. The lowest BCUT2D eigenvalue weighted by atomic mass is 10.0. The van der Waals surface area contributed by atoms with Gasteiger partial charge in [-0.3, -0.25) is 14.4 Å². The fourth-order valence-electron chi connectivity index (χ4n) is 3.01. The van der Waals surface area contributed by atoms with Gasteiger partial charge in [0, 0.05) is 5.69 Å². The minimum absolute atomic E-state index is 0.334. The lowest BCUT2D eigenvalue weighted by Crippen LogP contribution is -2.35. The third-order valence-corrected chi connectivity index (χ3v) is 4.47. The van der Waals surface area contributed by atoms with Gasteiger partial charge in [0.05, 0.1) is 5.69 Å². The van der Waals surface area contributed by atoms with E-state index in [1.807, 2.05) is 5.43 Å². The first-order chi connectivity index (χ1) is 13.8. The number of nitrogens with one attached hydrogen (secondary N) is 2. The quantitative estimate of drug-likeness (QED) is 0.412. The highest BCUT2D eigenvalue weighted by atomic mass is 16.2. The zero-order valence-corrected chi connectivity index (χ0v) is 15.8. The fraction of sp³-hybridized carbons (Fsp3) is 0.150. The van der Waals surface area contributed by atoms with Crippen LogP contribution in [0.25, 0.3) is 0 Å². The smallest absolute Gasteiger partial charge is 0.332 e. The lowest BCUT2D eigenvalue weighted by Gasteiger charge is -2.16. The van der Waals surface area contributed by atoms with Crippen molar-refractivity contribution in [2.45, 2.75) is 13.8 Å². The molecule has 0 saturated carbocycles. The van der Waals surface area contributed by atoms with Crippen molar-refractivity contribution >= 4 is 40.8 Å². The Morgan fingerprint density at radius 1 is 1.00 bits per heavy atom. The lowest BCUT2D eigenvalue weighted by molar-refractivity contribution is -0.127. The third-order valence-electron chi connectivity index (χ3n) is 4.47. The van der Waals surface area contributed by atoms with Gasteiger partial charge in [-0.05, 0) is 37.1 Å². The molecule has 0 spiro atoms. The monoisotopic (exact) mass is 393 g/mol. The summed E-state index contributed by atoms with van der Waals surface area (Å²) in [7, 11) is 0. The van der Waals surface area contributed by atoms with Crippen LogP contribution >= 0.6 is 0 Å². The molecule has 4 N–H and O–H groups in total. The van der Waals surface area contributed by atoms with E-state index in [9.17, 15) is 19.2 Å². The minimum atomic E-state index is -1.53. The van der Waals surface area contributed by atoms with Gasteiger partial charge in [-0.1, -0.05) is 36.4 Å². The Kier molecular flexibility index (Phi) is 5.40. The first-order valence-electron chi connectivity index (χ1n) is 8.74. The number of hydrazone groups is 1. The fourth-order valence-corrected chi connectivity index (χ4v) is 3.01. The maximum atomic E-state index is 13.1. The summed E-state index contributed by atoms with van der Waals surface area (Å²) in [4.78, 5) is 50.8. The number of nitrogens with zero attached hydrogens (tertiary/aromatic N) is 2. The molecule has 9 heteroatoms. The molecule has 1 saturated heterocycles. The summed E-state index contributed by atoms with van der Waals surface area (Å²) in [6.07, 6.45) is 0. The number of nitrogens with two attached hydrogens (primary N) is 1. The maximum absolute atomic E-state index is 13.1. The second-order valence-electron chi connectivity index (χ2n) is 6.48. The van der Waals surface area contributed by atoms with Crippen LogP contribution in [0.3, 0.4) is 0 Å². The molecule has 1 fully saturated rings. The molecule has 0 radical (unpaired) electrons. The van der Waals surface area contributed by atoms with E-state index in [-0.39, 0.29) is 0 Å². The van der Waals surface area contributed by atoms with Crippen molar-refractivity contribution in [1.29, 1.82) is 0 Å². The van der Waals surface area contributed by atoms with E-state index in [4.69, 9.17) is 5.73 Å². The van der Waals surface area contributed by atoms with Crippen LogP contribution in [0.5, 0.6) is 0 Å². The van der Waals surface area contributed by atoms with Crippen LogP contribution in [0.4, 0.5) is 16.2 Å². The number of carbonyl (C=O) groups is 4. The average molecular weight is 393 g/mol. The van der Waals surface area contributed by atoms with Crippen LogP contribution in [-0.4, -0.2) is 29.5 Å². The van der Waals surface area contributed by atoms with Gasteiger partial charge in [0.25, 0.3) is 11.8 Å². The molecular weight excluding hydrogens is 374 g/mol. The molecule has 1 aliphatic rings. The van der Waals surface area contributed by atoms with E-state index in [2.05, 4.69) is 10.4 Å². The van der Waals surface area contributed by atoms with Crippen molar-refractivity contribution in [3.8, 4) is 0 Å². The molecule has 3 rings (SSSR count). The minimum Gasteiger partial charge on any atom is -0.350 e. The number of amides is 5. The molecule has 29 heavy (non-hydrogen) atoms. The first-order valence-corrected chi connectivity index (χ1v) is 8.74.